The van der Waals surface area contributed by atoms with Gasteiger partial charge in [-0.25, -0.2) is 4.79 Å². The van der Waals surface area contributed by atoms with Crippen LogP contribution in [0, 0.1) is 20.8 Å². The molecule has 0 saturated heterocycles. The Balaban J connectivity index is 1.50. The van der Waals surface area contributed by atoms with Crippen molar-refractivity contribution in [3.8, 4) is 5.75 Å². The minimum atomic E-state index is -0.587. The van der Waals surface area contributed by atoms with Gasteiger partial charge >= 0.3 is 5.97 Å². The summed E-state index contributed by atoms with van der Waals surface area (Å²) in [6.07, 6.45) is 0. The van der Waals surface area contributed by atoms with Gasteiger partial charge in [-0.05, 0) is 50.1 Å². The van der Waals surface area contributed by atoms with Crippen molar-refractivity contribution in [3.05, 3.63) is 82.7 Å². The monoisotopic (exact) mass is 463 g/mol. The molecule has 0 aliphatic heterocycles. The summed E-state index contributed by atoms with van der Waals surface area (Å²) >= 11 is 0. The highest BCUT2D eigenvalue weighted by atomic mass is 16.5. The first kappa shape index (κ1) is 24.6. The number of amides is 2. The number of ether oxygens (including phenoxy) is 2. The quantitative estimate of drug-likeness (QED) is 0.474. The van der Waals surface area contributed by atoms with Crippen LogP contribution in [-0.4, -0.2) is 42.6 Å². The molecular formula is C26H29N3O5. The molecular weight excluding hydrogens is 434 g/mol. The van der Waals surface area contributed by atoms with E-state index in [0.29, 0.717) is 23.5 Å². The average Bonchev–Trinajstić information content (AvgIpc) is 3.10. The van der Waals surface area contributed by atoms with Crippen LogP contribution < -0.4 is 15.4 Å². The van der Waals surface area contributed by atoms with E-state index >= 15 is 0 Å². The van der Waals surface area contributed by atoms with Crippen molar-refractivity contribution in [3.63, 3.8) is 0 Å². The molecule has 0 atom stereocenters. The van der Waals surface area contributed by atoms with Crippen LogP contribution >= 0.6 is 0 Å². The maximum atomic E-state index is 12.6. The number of hydrogen-bond acceptors (Lipinski definition) is 5. The van der Waals surface area contributed by atoms with Crippen LogP contribution in [0.25, 0.3) is 0 Å². The maximum absolute atomic E-state index is 12.6. The van der Waals surface area contributed by atoms with Gasteiger partial charge in [-0.15, -0.1) is 0 Å². The van der Waals surface area contributed by atoms with Gasteiger partial charge in [0.15, 0.2) is 6.61 Å². The van der Waals surface area contributed by atoms with Crippen molar-refractivity contribution in [1.82, 2.24) is 9.88 Å². The van der Waals surface area contributed by atoms with Gasteiger partial charge in [-0.1, -0.05) is 36.4 Å². The minimum absolute atomic E-state index is 0.265. The highest BCUT2D eigenvalue weighted by Crippen LogP contribution is 2.25. The van der Waals surface area contributed by atoms with Crippen LogP contribution in [0.1, 0.15) is 32.9 Å². The van der Waals surface area contributed by atoms with E-state index in [0.717, 1.165) is 22.5 Å². The Kier molecular flexibility index (Phi) is 8.08. The van der Waals surface area contributed by atoms with Crippen LogP contribution in [0.3, 0.4) is 0 Å². The lowest BCUT2D eigenvalue weighted by Gasteiger charge is -2.12. The molecule has 0 spiro atoms. The third kappa shape index (κ3) is 6.25. The van der Waals surface area contributed by atoms with Crippen molar-refractivity contribution < 1.29 is 23.9 Å². The van der Waals surface area contributed by atoms with Crippen molar-refractivity contribution in [2.45, 2.75) is 27.3 Å². The zero-order valence-electron chi connectivity index (χ0n) is 19.8. The van der Waals surface area contributed by atoms with Gasteiger partial charge in [0, 0.05) is 17.9 Å². The molecule has 0 saturated carbocycles. The standard InChI is InChI=1S/C26H29N3O5/c1-17-10-11-23(33-4)22(12-17)28-24(30)14-27-25(31)16-34-26(32)21-13-18(2)29(19(21)3)15-20-8-6-5-7-9-20/h5-13H,14-16H2,1-4H3,(H,27,31)(H,28,30). The molecule has 2 aromatic carbocycles. The third-order valence-electron chi connectivity index (χ3n) is 5.39. The number of aromatic nitrogens is 1. The lowest BCUT2D eigenvalue weighted by atomic mass is 10.2. The first-order valence-electron chi connectivity index (χ1n) is 10.9. The molecule has 2 N–H and O–H groups in total. The molecule has 2 amide bonds. The Bertz CT molecular complexity index is 1180. The SMILES string of the molecule is COc1ccc(C)cc1NC(=O)CNC(=O)COC(=O)c1cc(C)n(Cc2ccccc2)c1C. The van der Waals surface area contributed by atoms with Gasteiger partial charge in [0.1, 0.15) is 5.75 Å². The van der Waals surface area contributed by atoms with E-state index in [1.54, 1.807) is 18.2 Å². The number of esters is 1. The van der Waals surface area contributed by atoms with Crippen molar-refractivity contribution in [2.24, 2.45) is 0 Å². The van der Waals surface area contributed by atoms with Crippen LogP contribution in [0.2, 0.25) is 0 Å². The van der Waals surface area contributed by atoms with E-state index in [-0.39, 0.29) is 6.54 Å². The molecule has 3 aromatic rings. The Labute approximate surface area is 198 Å². The number of methoxy groups -OCH3 is 1. The van der Waals surface area contributed by atoms with Gasteiger partial charge in [0.25, 0.3) is 5.91 Å². The number of carbonyl (C=O) groups excluding carboxylic acids is 3. The molecule has 0 radical (unpaired) electrons. The number of nitrogens with one attached hydrogen (secondary N) is 2. The summed E-state index contributed by atoms with van der Waals surface area (Å²) < 4.78 is 12.4. The second-order valence-electron chi connectivity index (χ2n) is 7.96. The predicted molar refractivity (Wildman–Crippen MR) is 129 cm³/mol. The molecule has 34 heavy (non-hydrogen) atoms. The highest BCUT2D eigenvalue weighted by Gasteiger charge is 2.18. The smallest absolute Gasteiger partial charge is 0.340 e. The van der Waals surface area contributed by atoms with E-state index < -0.39 is 24.4 Å². The van der Waals surface area contributed by atoms with Crippen LogP contribution in [-0.2, 0) is 20.9 Å². The summed E-state index contributed by atoms with van der Waals surface area (Å²) in [4.78, 5) is 36.9. The summed E-state index contributed by atoms with van der Waals surface area (Å²) in [5, 5.41) is 5.15. The van der Waals surface area contributed by atoms with Crippen molar-refractivity contribution >= 4 is 23.5 Å². The largest absolute Gasteiger partial charge is 0.495 e. The number of nitrogens with zero attached hydrogens (tertiary/aromatic N) is 1. The molecule has 8 heteroatoms. The van der Waals surface area contributed by atoms with E-state index in [4.69, 9.17) is 9.47 Å². The molecule has 1 heterocycles. The fourth-order valence-electron chi connectivity index (χ4n) is 3.57. The number of aryl methyl sites for hydroxylation is 2. The van der Waals surface area contributed by atoms with Crippen LogP contribution in [0.15, 0.2) is 54.6 Å². The number of rotatable bonds is 9. The normalized spacial score (nSPS) is 10.5. The minimum Gasteiger partial charge on any atom is -0.495 e. The van der Waals surface area contributed by atoms with Crippen LogP contribution in [0.4, 0.5) is 5.69 Å². The first-order valence-corrected chi connectivity index (χ1v) is 10.9. The van der Waals surface area contributed by atoms with E-state index in [1.165, 1.54) is 7.11 Å². The number of anilines is 1. The number of benzene rings is 2. The summed E-state index contributed by atoms with van der Waals surface area (Å²) in [6.45, 7) is 5.54. The third-order valence-corrected chi connectivity index (χ3v) is 5.39. The van der Waals surface area contributed by atoms with Gasteiger partial charge in [-0.2, -0.15) is 0 Å². The van der Waals surface area contributed by atoms with E-state index in [1.807, 2.05) is 61.7 Å². The van der Waals surface area contributed by atoms with Crippen molar-refractivity contribution in [1.29, 1.82) is 0 Å². The fraction of sp³-hybridized carbons (Fsp3) is 0.269. The second kappa shape index (κ2) is 11.2. The zero-order valence-corrected chi connectivity index (χ0v) is 19.8. The number of hydrogen-bond donors (Lipinski definition) is 2. The summed E-state index contributed by atoms with van der Waals surface area (Å²) in [5.74, 6) is -1.06. The highest BCUT2D eigenvalue weighted by molar-refractivity contribution is 5.96. The Morgan fingerprint density at radius 3 is 2.38 bits per heavy atom. The molecule has 0 aliphatic carbocycles. The molecule has 3 rings (SSSR count). The maximum Gasteiger partial charge on any atom is 0.340 e. The lowest BCUT2D eigenvalue weighted by Crippen LogP contribution is -2.35. The molecule has 0 fully saturated rings. The molecule has 1 aromatic heterocycles. The molecule has 0 bridgehead atoms. The second-order valence-corrected chi connectivity index (χ2v) is 7.96. The van der Waals surface area contributed by atoms with E-state index in [9.17, 15) is 14.4 Å². The first-order chi connectivity index (χ1) is 16.3. The molecule has 0 aliphatic rings. The Morgan fingerprint density at radius 1 is 0.941 bits per heavy atom. The summed E-state index contributed by atoms with van der Waals surface area (Å²) in [5.41, 5.74) is 4.67. The number of carbonyl (C=O) groups is 3. The van der Waals surface area contributed by atoms with Crippen molar-refractivity contribution in [2.75, 3.05) is 25.6 Å². The Hall–Kier alpha value is -4.07. The average molecular weight is 464 g/mol. The lowest BCUT2D eigenvalue weighted by molar-refractivity contribution is -0.126. The zero-order chi connectivity index (χ0) is 24.7. The molecule has 8 nitrogen and oxygen atoms in total. The van der Waals surface area contributed by atoms with Gasteiger partial charge < -0.3 is 24.7 Å². The summed E-state index contributed by atoms with van der Waals surface area (Å²) in [6, 6.07) is 17.1. The summed E-state index contributed by atoms with van der Waals surface area (Å²) in [7, 11) is 1.51. The predicted octanol–water partition coefficient (Wildman–Crippen LogP) is 3.38. The van der Waals surface area contributed by atoms with Gasteiger partial charge in [0.2, 0.25) is 5.91 Å². The fourth-order valence-corrected chi connectivity index (χ4v) is 3.57. The molecule has 0 unspecified atom stereocenters. The van der Waals surface area contributed by atoms with E-state index in [2.05, 4.69) is 10.6 Å². The van der Waals surface area contributed by atoms with Crippen LogP contribution in [0.5, 0.6) is 5.75 Å². The van der Waals surface area contributed by atoms with Gasteiger partial charge in [-0.3, -0.25) is 9.59 Å². The van der Waals surface area contributed by atoms with Gasteiger partial charge in [0.05, 0.1) is 24.9 Å². The topological polar surface area (TPSA) is 98.7 Å². The Morgan fingerprint density at radius 2 is 1.68 bits per heavy atom. The molecule has 178 valence electrons.